The summed E-state index contributed by atoms with van der Waals surface area (Å²) >= 11 is 6.79. The predicted octanol–water partition coefficient (Wildman–Crippen LogP) is 2.78. The van der Waals surface area contributed by atoms with Gasteiger partial charge in [-0.05, 0) is 19.3 Å². The van der Waals surface area contributed by atoms with Crippen LogP contribution in [0.15, 0.2) is 0 Å². The van der Waals surface area contributed by atoms with E-state index in [0.29, 0.717) is 6.42 Å². The van der Waals surface area contributed by atoms with Gasteiger partial charge in [0.2, 0.25) is 0 Å². The van der Waals surface area contributed by atoms with Gasteiger partial charge in [0.1, 0.15) is 0 Å². The molecule has 70 valence electrons. The smallest absolute Gasteiger partial charge is 0.0630 e. The average Bonchev–Trinajstić information content (AvgIpc) is 2.52. The SMILES string of the molecule is N#CCCSC(=S)C1CCCC1=N. The maximum atomic E-state index is 8.35. The third-order valence-corrected chi connectivity index (χ3v) is 3.72. The number of nitrogens with zero attached hydrogens (tertiary/aromatic N) is 1. The van der Waals surface area contributed by atoms with Crippen molar-refractivity contribution in [2.24, 2.45) is 5.92 Å². The van der Waals surface area contributed by atoms with Gasteiger partial charge in [0, 0.05) is 23.8 Å². The first kappa shape index (κ1) is 10.7. The van der Waals surface area contributed by atoms with Crippen LogP contribution in [0, 0.1) is 22.7 Å². The fraction of sp³-hybridized carbons (Fsp3) is 0.667. The van der Waals surface area contributed by atoms with Crippen LogP contribution in [0.3, 0.4) is 0 Å². The Hall–Kier alpha value is -0.400. The van der Waals surface area contributed by atoms with Crippen molar-refractivity contribution < 1.29 is 0 Å². The molecule has 1 aliphatic carbocycles. The molecule has 0 aliphatic heterocycles. The Morgan fingerprint density at radius 1 is 1.77 bits per heavy atom. The quantitative estimate of drug-likeness (QED) is 0.578. The predicted molar refractivity (Wildman–Crippen MR) is 60.4 cm³/mol. The molecule has 0 saturated heterocycles. The molecule has 1 fully saturated rings. The normalized spacial score (nSPS) is 21.5. The van der Waals surface area contributed by atoms with E-state index in [2.05, 4.69) is 6.07 Å². The molecule has 0 bridgehead atoms. The van der Waals surface area contributed by atoms with Crippen molar-refractivity contribution in [3.05, 3.63) is 0 Å². The van der Waals surface area contributed by atoms with Crippen molar-refractivity contribution in [2.45, 2.75) is 25.7 Å². The van der Waals surface area contributed by atoms with Crippen LogP contribution in [0.1, 0.15) is 25.7 Å². The largest absolute Gasteiger partial charge is 0.309 e. The van der Waals surface area contributed by atoms with E-state index < -0.39 is 0 Å². The summed E-state index contributed by atoms with van der Waals surface area (Å²) in [5, 5.41) is 16.0. The van der Waals surface area contributed by atoms with Gasteiger partial charge in [-0.3, -0.25) is 0 Å². The van der Waals surface area contributed by atoms with E-state index in [9.17, 15) is 0 Å². The zero-order valence-corrected chi connectivity index (χ0v) is 9.01. The standard InChI is InChI=1S/C9H12N2S2/c10-5-2-6-13-9(12)7-3-1-4-8(7)11/h7,11H,1-4,6H2. The van der Waals surface area contributed by atoms with Gasteiger partial charge >= 0.3 is 0 Å². The van der Waals surface area contributed by atoms with Crippen LogP contribution in [0.25, 0.3) is 0 Å². The van der Waals surface area contributed by atoms with Crippen LogP contribution in [-0.2, 0) is 0 Å². The molecule has 4 heteroatoms. The third-order valence-electron chi connectivity index (χ3n) is 2.10. The molecule has 1 atom stereocenters. The number of nitriles is 1. The number of hydrogen-bond acceptors (Lipinski definition) is 4. The second kappa shape index (κ2) is 5.36. The van der Waals surface area contributed by atoms with Gasteiger partial charge in [0.25, 0.3) is 0 Å². The Kier molecular flexibility index (Phi) is 4.40. The van der Waals surface area contributed by atoms with Crippen molar-refractivity contribution >= 4 is 33.9 Å². The van der Waals surface area contributed by atoms with Gasteiger partial charge in [0.15, 0.2) is 0 Å². The lowest BCUT2D eigenvalue weighted by Crippen LogP contribution is -2.13. The number of thiocarbonyl (C=S) groups is 1. The lowest BCUT2D eigenvalue weighted by molar-refractivity contribution is 0.825. The summed E-state index contributed by atoms with van der Waals surface area (Å²) in [4.78, 5) is 0. The Morgan fingerprint density at radius 2 is 2.54 bits per heavy atom. The highest BCUT2D eigenvalue weighted by atomic mass is 32.2. The summed E-state index contributed by atoms with van der Waals surface area (Å²) in [5.41, 5.74) is 0.787. The molecule has 1 unspecified atom stereocenters. The highest BCUT2D eigenvalue weighted by Crippen LogP contribution is 2.27. The van der Waals surface area contributed by atoms with Gasteiger partial charge in [0.05, 0.1) is 10.3 Å². The summed E-state index contributed by atoms with van der Waals surface area (Å²) < 4.78 is 0.915. The van der Waals surface area contributed by atoms with Crippen molar-refractivity contribution in [1.29, 1.82) is 10.7 Å². The monoisotopic (exact) mass is 212 g/mol. The maximum Gasteiger partial charge on any atom is 0.0630 e. The molecule has 13 heavy (non-hydrogen) atoms. The first-order valence-electron chi connectivity index (χ1n) is 4.36. The Bertz CT molecular complexity index is 255. The number of nitrogens with one attached hydrogen (secondary N) is 1. The Balaban J connectivity index is 2.31. The summed E-state index contributed by atoms with van der Waals surface area (Å²) in [6.45, 7) is 0. The van der Waals surface area contributed by atoms with E-state index in [4.69, 9.17) is 22.9 Å². The zero-order valence-electron chi connectivity index (χ0n) is 7.38. The highest BCUT2D eigenvalue weighted by molar-refractivity contribution is 8.23. The van der Waals surface area contributed by atoms with Crippen LogP contribution in [0.4, 0.5) is 0 Å². The minimum absolute atomic E-state index is 0.221. The third kappa shape index (κ3) is 3.09. The maximum absolute atomic E-state index is 8.35. The van der Waals surface area contributed by atoms with Crippen LogP contribution in [0.2, 0.25) is 0 Å². The molecule has 2 nitrogen and oxygen atoms in total. The lowest BCUT2D eigenvalue weighted by Gasteiger charge is -2.09. The number of thioether (sulfide) groups is 1. The van der Waals surface area contributed by atoms with Gasteiger partial charge in [-0.15, -0.1) is 11.8 Å². The molecule has 1 saturated carbocycles. The van der Waals surface area contributed by atoms with E-state index in [1.165, 1.54) is 0 Å². The van der Waals surface area contributed by atoms with E-state index in [-0.39, 0.29) is 5.92 Å². The molecule has 0 amide bonds. The van der Waals surface area contributed by atoms with E-state index in [1.54, 1.807) is 11.8 Å². The van der Waals surface area contributed by atoms with E-state index in [0.717, 1.165) is 34.9 Å². The molecular formula is C9H12N2S2. The van der Waals surface area contributed by atoms with Crippen LogP contribution in [-0.4, -0.2) is 15.7 Å². The molecule has 1 rings (SSSR count). The fourth-order valence-corrected chi connectivity index (χ4v) is 2.77. The average molecular weight is 212 g/mol. The van der Waals surface area contributed by atoms with E-state index in [1.807, 2.05) is 0 Å². The molecular weight excluding hydrogens is 200 g/mol. The summed E-state index contributed by atoms with van der Waals surface area (Å²) in [6.07, 6.45) is 3.59. The van der Waals surface area contributed by atoms with Crippen LogP contribution >= 0.6 is 24.0 Å². The molecule has 0 heterocycles. The Labute approximate surface area is 88.2 Å². The van der Waals surface area contributed by atoms with Crippen LogP contribution in [0.5, 0.6) is 0 Å². The zero-order chi connectivity index (χ0) is 9.68. The Morgan fingerprint density at radius 3 is 3.08 bits per heavy atom. The van der Waals surface area contributed by atoms with Crippen molar-refractivity contribution in [2.75, 3.05) is 5.75 Å². The van der Waals surface area contributed by atoms with Crippen LogP contribution < -0.4 is 0 Å². The van der Waals surface area contributed by atoms with Gasteiger partial charge in [-0.25, -0.2) is 0 Å². The lowest BCUT2D eigenvalue weighted by atomic mass is 10.1. The molecule has 0 aromatic rings. The molecule has 1 aliphatic rings. The van der Waals surface area contributed by atoms with Crippen molar-refractivity contribution in [3.8, 4) is 6.07 Å². The first-order valence-corrected chi connectivity index (χ1v) is 5.76. The molecule has 0 spiro atoms. The van der Waals surface area contributed by atoms with Crippen molar-refractivity contribution in [1.82, 2.24) is 0 Å². The summed E-state index contributed by atoms with van der Waals surface area (Å²) in [5.74, 6) is 0.998. The molecule has 0 aromatic heterocycles. The first-order chi connectivity index (χ1) is 6.25. The number of rotatable bonds is 3. The second-order valence-corrected chi connectivity index (χ2v) is 4.88. The minimum atomic E-state index is 0.221. The van der Waals surface area contributed by atoms with Gasteiger partial charge in [-0.2, -0.15) is 5.26 Å². The second-order valence-electron chi connectivity index (χ2n) is 3.05. The van der Waals surface area contributed by atoms with Gasteiger partial charge in [-0.1, -0.05) is 12.2 Å². The van der Waals surface area contributed by atoms with E-state index >= 15 is 0 Å². The summed E-state index contributed by atoms with van der Waals surface area (Å²) in [6, 6.07) is 2.09. The molecule has 1 N–H and O–H groups in total. The number of hydrogen-bond donors (Lipinski definition) is 1. The minimum Gasteiger partial charge on any atom is -0.309 e. The topological polar surface area (TPSA) is 47.6 Å². The summed E-state index contributed by atoms with van der Waals surface area (Å²) in [7, 11) is 0. The fourth-order valence-electron chi connectivity index (χ4n) is 1.40. The molecule has 0 aromatic carbocycles. The highest BCUT2D eigenvalue weighted by Gasteiger charge is 2.24. The molecule has 0 radical (unpaired) electrons. The van der Waals surface area contributed by atoms with Crippen molar-refractivity contribution in [3.63, 3.8) is 0 Å². The van der Waals surface area contributed by atoms with Gasteiger partial charge < -0.3 is 5.41 Å².